The lowest BCUT2D eigenvalue weighted by molar-refractivity contribution is 0.0942. The molecule has 15 heavy (non-hydrogen) atoms. The number of hydrogen-bond donors (Lipinski definition) is 3. The average Bonchev–Trinajstić information content (AvgIpc) is 2.23. The fraction of sp³-hybridized carbons (Fsp3) is 0.455. The van der Waals surface area contributed by atoms with Gasteiger partial charge in [-0.1, -0.05) is 23.7 Å². The summed E-state index contributed by atoms with van der Waals surface area (Å²) in [4.78, 5) is 0. The molecule has 3 N–H and O–H groups in total. The van der Waals surface area contributed by atoms with E-state index in [0.29, 0.717) is 13.1 Å². The highest BCUT2D eigenvalue weighted by molar-refractivity contribution is 6.31. The lowest BCUT2D eigenvalue weighted by atomic mass is 10.1. The number of halogens is 1. The molecule has 0 aliphatic carbocycles. The highest BCUT2D eigenvalue weighted by atomic mass is 35.5. The minimum absolute atomic E-state index is 0.216. The Bertz CT molecular complexity index is 317. The standard InChI is InChI=1S/C11H16ClNO2/c1-8-4-9(2-3-11(8)12)5-13-6-10(15)7-14/h2-4,10,13-15H,5-7H2,1H3. The Morgan fingerprint density at radius 2 is 2.20 bits per heavy atom. The maximum Gasteiger partial charge on any atom is 0.0895 e. The summed E-state index contributed by atoms with van der Waals surface area (Å²) in [5, 5.41) is 21.5. The van der Waals surface area contributed by atoms with E-state index in [1.807, 2.05) is 25.1 Å². The van der Waals surface area contributed by atoms with E-state index in [4.69, 9.17) is 21.8 Å². The van der Waals surface area contributed by atoms with E-state index in [2.05, 4.69) is 5.32 Å². The van der Waals surface area contributed by atoms with E-state index in [0.717, 1.165) is 16.1 Å². The van der Waals surface area contributed by atoms with E-state index in [1.165, 1.54) is 0 Å². The van der Waals surface area contributed by atoms with Crippen molar-refractivity contribution in [3.8, 4) is 0 Å². The van der Waals surface area contributed by atoms with Gasteiger partial charge >= 0.3 is 0 Å². The van der Waals surface area contributed by atoms with Crippen LogP contribution in [0.4, 0.5) is 0 Å². The van der Waals surface area contributed by atoms with Gasteiger partial charge in [0.25, 0.3) is 0 Å². The fourth-order valence-electron chi connectivity index (χ4n) is 1.26. The Hall–Kier alpha value is -0.610. The number of aliphatic hydroxyl groups is 2. The van der Waals surface area contributed by atoms with Gasteiger partial charge in [0.05, 0.1) is 12.7 Å². The topological polar surface area (TPSA) is 52.5 Å². The van der Waals surface area contributed by atoms with E-state index in [9.17, 15) is 0 Å². The summed E-state index contributed by atoms with van der Waals surface area (Å²) in [5.74, 6) is 0. The molecule has 0 amide bonds. The van der Waals surface area contributed by atoms with Crippen LogP contribution in [0.25, 0.3) is 0 Å². The van der Waals surface area contributed by atoms with Crippen LogP contribution in [0.1, 0.15) is 11.1 Å². The van der Waals surface area contributed by atoms with Crippen molar-refractivity contribution in [1.29, 1.82) is 0 Å². The molecule has 84 valence electrons. The number of aryl methyl sites for hydroxylation is 1. The number of benzene rings is 1. The second kappa shape index (κ2) is 6.08. The number of nitrogens with one attached hydrogen (secondary N) is 1. The minimum Gasteiger partial charge on any atom is -0.394 e. The molecule has 0 spiro atoms. The second-order valence-corrected chi connectivity index (χ2v) is 3.96. The van der Waals surface area contributed by atoms with Gasteiger partial charge in [-0.2, -0.15) is 0 Å². The molecular weight excluding hydrogens is 214 g/mol. The average molecular weight is 230 g/mol. The Kier molecular flexibility index (Phi) is 5.05. The Morgan fingerprint density at radius 3 is 2.80 bits per heavy atom. The van der Waals surface area contributed by atoms with Gasteiger partial charge in [-0.25, -0.2) is 0 Å². The zero-order chi connectivity index (χ0) is 11.3. The molecule has 0 aliphatic heterocycles. The van der Waals surface area contributed by atoms with Gasteiger partial charge in [0.1, 0.15) is 0 Å². The Balaban J connectivity index is 2.41. The number of aliphatic hydroxyl groups excluding tert-OH is 2. The van der Waals surface area contributed by atoms with Crippen molar-refractivity contribution in [1.82, 2.24) is 5.32 Å². The van der Waals surface area contributed by atoms with Crippen LogP contribution in [0, 0.1) is 6.92 Å². The van der Waals surface area contributed by atoms with Crippen molar-refractivity contribution in [2.24, 2.45) is 0 Å². The van der Waals surface area contributed by atoms with Gasteiger partial charge < -0.3 is 15.5 Å². The first-order valence-corrected chi connectivity index (χ1v) is 5.26. The SMILES string of the molecule is Cc1cc(CNCC(O)CO)ccc1Cl. The molecule has 0 fully saturated rings. The van der Waals surface area contributed by atoms with Gasteiger partial charge in [-0.05, 0) is 24.1 Å². The van der Waals surface area contributed by atoms with Crippen molar-refractivity contribution >= 4 is 11.6 Å². The van der Waals surface area contributed by atoms with Gasteiger partial charge in [-0.15, -0.1) is 0 Å². The molecule has 0 heterocycles. The van der Waals surface area contributed by atoms with Crippen molar-refractivity contribution in [3.63, 3.8) is 0 Å². The third-order valence-electron chi connectivity index (χ3n) is 2.14. The zero-order valence-corrected chi connectivity index (χ0v) is 9.46. The normalized spacial score (nSPS) is 12.8. The van der Waals surface area contributed by atoms with Crippen molar-refractivity contribution in [2.45, 2.75) is 19.6 Å². The van der Waals surface area contributed by atoms with E-state index >= 15 is 0 Å². The van der Waals surface area contributed by atoms with Gasteiger partial charge in [0, 0.05) is 18.1 Å². The summed E-state index contributed by atoms with van der Waals surface area (Å²) >= 11 is 5.89. The molecule has 0 saturated heterocycles. The van der Waals surface area contributed by atoms with Crippen LogP contribution in [-0.4, -0.2) is 29.5 Å². The zero-order valence-electron chi connectivity index (χ0n) is 8.70. The Labute approximate surface area is 94.7 Å². The van der Waals surface area contributed by atoms with Crippen LogP contribution >= 0.6 is 11.6 Å². The van der Waals surface area contributed by atoms with Gasteiger partial charge in [-0.3, -0.25) is 0 Å². The third-order valence-corrected chi connectivity index (χ3v) is 2.57. The van der Waals surface area contributed by atoms with Crippen LogP contribution in [0.15, 0.2) is 18.2 Å². The predicted molar refractivity (Wildman–Crippen MR) is 61.0 cm³/mol. The summed E-state index contributed by atoms with van der Waals surface area (Å²) < 4.78 is 0. The molecule has 4 heteroatoms. The molecule has 0 aromatic heterocycles. The monoisotopic (exact) mass is 229 g/mol. The predicted octanol–water partition coefficient (Wildman–Crippen LogP) is 1.09. The minimum atomic E-state index is -0.696. The van der Waals surface area contributed by atoms with Crippen LogP contribution in [0.2, 0.25) is 5.02 Å². The van der Waals surface area contributed by atoms with Crippen molar-refractivity contribution < 1.29 is 10.2 Å². The van der Waals surface area contributed by atoms with E-state index < -0.39 is 6.10 Å². The second-order valence-electron chi connectivity index (χ2n) is 3.55. The summed E-state index contributed by atoms with van der Waals surface area (Å²) in [7, 11) is 0. The molecule has 1 aromatic carbocycles. The van der Waals surface area contributed by atoms with Gasteiger partial charge in [0.15, 0.2) is 0 Å². The van der Waals surface area contributed by atoms with Crippen molar-refractivity contribution in [3.05, 3.63) is 34.3 Å². The molecule has 1 rings (SSSR count). The van der Waals surface area contributed by atoms with Crippen LogP contribution in [0.5, 0.6) is 0 Å². The fourth-order valence-corrected chi connectivity index (χ4v) is 1.38. The highest BCUT2D eigenvalue weighted by Crippen LogP contribution is 2.15. The molecular formula is C11H16ClNO2. The van der Waals surface area contributed by atoms with Crippen LogP contribution in [0.3, 0.4) is 0 Å². The Morgan fingerprint density at radius 1 is 1.47 bits per heavy atom. The maximum atomic E-state index is 9.10. The smallest absolute Gasteiger partial charge is 0.0895 e. The summed E-state index contributed by atoms with van der Waals surface area (Å²) in [5.41, 5.74) is 2.15. The summed E-state index contributed by atoms with van der Waals surface area (Å²) in [6.07, 6.45) is -0.696. The maximum absolute atomic E-state index is 9.10. The molecule has 0 radical (unpaired) electrons. The lowest BCUT2D eigenvalue weighted by Crippen LogP contribution is -2.28. The largest absolute Gasteiger partial charge is 0.394 e. The third kappa shape index (κ3) is 4.18. The van der Waals surface area contributed by atoms with Crippen LogP contribution in [-0.2, 0) is 6.54 Å². The molecule has 0 aliphatic rings. The molecule has 1 atom stereocenters. The summed E-state index contributed by atoms with van der Waals surface area (Å²) in [6, 6.07) is 5.80. The molecule has 1 aromatic rings. The highest BCUT2D eigenvalue weighted by Gasteiger charge is 2.01. The van der Waals surface area contributed by atoms with E-state index in [-0.39, 0.29) is 6.61 Å². The van der Waals surface area contributed by atoms with Gasteiger partial charge in [0.2, 0.25) is 0 Å². The first-order chi connectivity index (χ1) is 7.13. The lowest BCUT2D eigenvalue weighted by Gasteiger charge is -2.09. The van der Waals surface area contributed by atoms with E-state index in [1.54, 1.807) is 0 Å². The summed E-state index contributed by atoms with van der Waals surface area (Å²) in [6.45, 7) is 2.79. The van der Waals surface area contributed by atoms with Crippen LogP contribution < -0.4 is 5.32 Å². The first-order valence-electron chi connectivity index (χ1n) is 4.88. The quantitative estimate of drug-likeness (QED) is 0.709. The molecule has 1 unspecified atom stereocenters. The first kappa shape index (κ1) is 12.5. The number of rotatable bonds is 5. The molecule has 0 bridgehead atoms. The number of hydrogen-bond acceptors (Lipinski definition) is 3. The molecule has 0 saturated carbocycles. The molecule has 3 nitrogen and oxygen atoms in total. The van der Waals surface area contributed by atoms with Crippen molar-refractivity contribution in [2.75, 3.05) is 13.2 Å².